The number of benzene rings is 2. The number of nitriles is 1. The van der Waals surface area contributed by atoms with E-state index in [4.69, 9.17) is 16.9 Å². The number of phenolic OH excluding ortho intramolecular Hbond substituents is 1. The van der Waals surface area contributed by atoms with Gasteiger partial charge in [0.05, 0.1) is 11.3 Å². The Hall–Kier alpha value is -2.23. The van der Waals surface area contributed by atoms with Gasteiger partial charge in [-0.05, 0) is 24.3 Å². The number of nitrogens with one attached hydrogen (secondary N) is 1. The lowest BCUT2D eigenvalue weighted by atomic mass is 10.2. The van der Waals surface area contributed by atoms with Crippen molar-refractivity contribution in [2.45, 2.75) is 4.90 Å². The lowest BCUT2D eigenvalue weighted by molar-refractivity contribution is 0.477. The van der Waals surface area contributed by atoms with E-state index in [2.05, 4.69) is 4.72 Å². The number of rotatable bonds is 3. The number of halogens is 1. The van der Waals surface area contributed by atoms with Gasteiger partial charge in [-0.25, -0.2) is 8.42 Å². The van der Waals surface area contributed by atoms with Crippen LogP contribution in [-0.2, 0) is 10.0 Å². The fraction of sp³-hybridized carbons (Fsp3) is 0. The van der Waals surface area contributed by atoms with Crippen LogP contribution >= 0.6 is 11.6 Å². The molecule has 5 nitrogen and oxygen atoms in total. The zero-order valence-corrected chi connectivity index (χ0v) is 11.6. The van der Waals surface area contributed by atoms with Crippen molar-refractivity contribution in [1.82, 2.24) is 0 Å². The third-order valence-electron chi connectivity index (χ3n) is 2.50. The average Bonchev–Trinajstić information content (AvgIpc) is 2.42. The molecule has 0 fully saturated rings. The van der Waals surface area contributed by atoms with Crippen molar-refractivity contribution < 1.29 is 13.5 Å². The summed E-state index contributed by atoms with van der Waals surface area (Å²) in [5, 5.41) is 18.9. The highest BCUT2D eigenvalue weighted by molar-refractivity contribution is 7.92. The molecule has 0 amide bonds. The topological polar surface area (TPSA) is 90.2 Å². The largest absolute Gasteiger partial charge is 0.506 e. The first-order valence-electron chi connectivity index (χ1n) is 5.44. The third kappa shape index (κ3) is 2.85. The summed E-state index contributed by atoms with van der Waals surface area (Å²) in [6.07, 6.45) is 0. The highest BCUT2D eigenvalue weighted by Crippen LogP contribution is 2.29. The summed E-state index contributed by atoms with van der Waals surface area (Å²) in [6, 6.07) is 11.6. The minimum Gasteiger partial charge on any atom is -0.506 e. The standard InChI is InChI=1S/C13H9ClN2O3S/c14-10-5-6-11(12(17)7-10)16-20(18,19)13-4-2-1-3-9(13)8-15/h1-7,16-17H. The summed E-state index contributed by atoms with van der Waals surface area (Å²) < 4.78 is 26.6. The molecule has 0 aliphatic rings. The maximum Gasteiger partial charge on any atom is 0.263 e. The number of hydrogen-bond acceptors (Lipinski definition) is 4. The van der Waals surface area contributed by atoms with Gasteiger partial charge in [-0.15, -0.1) is 0 Å². The van der Waals surface area contributed by atoms with E-state index in [-0.39, 0.29) is 26.9 Å². The second-order valence-electron chi connectivity index (χ2n) is 3.87. The molecule has 102 valence electrons. The summed E-state index contributed by atoms with van der Waals surface area (Å²) in [6.45, 7) is 0. The summed E-state index contributed by atoms with van der Waals surface area (Å²) in [5.74, 6) is -0.296. The Morgan fingerprint density at radius 2 is 1.90 bits per heavy atom. The van der Waals surface area contributed by atoms with Crippen LogP contribution in [0, 0.1) is 11.3 Å². The van der Waals surface area contributed by atoms with Gasteiger partial charge in [0.2, 0.25) is 0 Å². The molecule has 0 saturated heterocycles. The molecule has 0 radical (unpaired) electrons. The predicted octanol–water partition coefficient (Wildman–Crippen LogP) is 2.72. The predicted molar refractivity (Wildman–Crippen MR) is 75.1 cm³/mol. The molecule has 0 unspecified atom stereocenters. The van der Waals surface area contributed by atoms with E-state index in [1.54, 1.807) is 6.07 Å². The van der Waals surface area contributed by atoms with Crippen LogP contribution in [0.2, 0.25) is 5.02 Å². The molecule has 2 aromatic rings. The van der Waals surface area contributed by atoms with E-state index in [0.717, 1.165) is 0 Å². The Kier molecular flexibility index (Phi) is 3.84. The first kappa shape index (κ1) is 14.2. The SMILES string of the molecule is N#Cc1ccccc1S(=O)(=O)Nc1ccc(Cl)cc1O. The van der Waals surface area contributed by atoms with E-state index in [1.165, 1.54) is 36.4 Å². The summed E-state index contributed by atoms with van der Waals surface area (Å²) in [4.78, 5) is -0.156. The lowest BCUT2D eigenvalue weighted by Gasteiger charge is -2.10. The molecule has 2 rings (SSSR count). The van der Waals surface area contributed by atoms with Crippen LogP contribution < -0.4 is 4.72 Å². The van der Waals surface area contributed by atoms with Crippen LogP contribution in [0.15, 0.2) is 47.4 Å². The molecule has 0 aliphatic heterocycles. The molecule has 0 aromatic heterocycles. The second kappa shape index (κ2) is 5.41. The van der Waals surface area contributed by atoms with Crippen molar-refractivity contribution in [1.29, 1.82) is 5.26 Å². The maximum absolute atomic E-state index is 12.2. The Bertz CT molecular complexity index is 798. The van der Waals surface area contributed by atoms with Gasteiger partial charge in [0, 0.05) is 11.1 Å². The molecule has 0 spiro atoms. The van der Waals surface area contributed by atoms with Crippen LogP contribution in [0.1, 0.15) is 5.56 Å². The molecule has 7 heteroatoms. The Morgan fingerprint density at radius 3 is 2.55 bits per heavy atom. The fourth-order valence-corrected chi connectivity index (χ4v) is 2.98. The van der Waals surface area contributed by atoms with E-state index in [1.807, 2.05) is 6.07 Å². The quantitative estimate of drug-likeness (QED) is 0.853. The minimum absolute atomic E-state index is 0.0119. The van der Waals surface area contributed by atoms with Gasteiger partial charge < -0.3 is 5.11 Å². The summed E-state index contributed by atoms with van der Waals surface area (Å²) >= 11 is 5.67. The van der Waals surface area contributed by atoms with Gasteiger partial charge in [-0.1, -0.05) is 23.7 Å². The van der Waals surface area contributed by atoms with Crippen LogP contribution in [0.4, 0.5) is 5.69 Å². The molecule has 0 bridgehead atoms. The molecule has 2 N–H and O–H groups in total. The normalized spacial score (nSPS) is 10.8. The highest BCUT2D eigenvalue weighted by atomic mass is 35.5. The third-order valence-corrected chi connectivity index (χ3v) is 4.16. The van der Waals surface area contributed by atoms with Crippen LogP contribution in [0.5, 0.6) is 5.75 Å². The van der Waals surface area contributed by atoms with Gasteiger partial charge >= 0.3 is 0 Å². The second-order valence-corrected chi connectivity index (χ2v) is 5.96. The van der Waals surface area contributed by atoms with E-state index >= 15 is 0 Å². The lowest BCUT2D eigenvalue weighted by Crippen LogP contribution is -2.14. The van der Waals surface area contributed by atoms with Crippen molar-refractivity contribution in [3.05, 3.63) is 53.1 Å². The Balaban J connectivity index is 2.44. The summed E-state index contributed by atoms with van der Waals surface area (Å²) in [5.41, 5.74) is 0.00981. The number of sulfonamides is 1. The van der Waals surface area contributed by atoms with Crippen LogP contribution in [-0.4, -0.2) is 13.5 Å². The first-order valence-corrected chi connectivity index (χ1v) is 7.30. The minimum atomic E-state index is -3.97. The fourth-order valence-electron chi connectivity index (χ4n) is 1.58. The molecular weight excluding hydrogens is 300 g/mol. The van der Waals surface area contributed by atoms with Gasteiger partial charge in [-0.3, -0.25) is 4.72 Å². The van der Waals surface area contributed by atoms with Gasteiger partial charge in [0.15, 0.2) is 0 Å². The van der Waals surface area contributed by atoms with Gasteiger partial charge in [0.25, 0.3) is 10.0 Å². The van der Waals surface area contributed by atoms with Crippen molar-refractivity contribution >= 4 is 27.3 Å². The van der Waals surface area contributed by atoms with Crippen LogP contribution in [0.3, 0.4) is 0 Å². The zero-order valence-electron chi connectivity index (χ0n) is 10.0. The zero-order chi connectivity index (χ0) is 14.8. The average molecular weight is 309 g/mol. The molecule has 0 heterocycles. The number of nitrogens with zero attached hydrogens (tertiary/aromatic N) is 1. The Labute approximate surface area is 121 Å². The van der Waals surface area contributed by atoms with Gasteiger partial charge in [-0.2, -0.15) is 5.26 Å². The van der Waals surface area contributed by atoms with E-state index in [0.29, 0.717) is 0 Å². The number of phenols is 1. The van der Waals surface area contributed by atoms with Crippen molar-refractivity contribution in [3.63, 3.8) is 0 Å². The molecule has 0 aliphatic carbocycles. The molecule has 2 aromatic carbocycles. The molecule has 0 atom stereocenters. The Morgan fingerprint density at radius 1 is 1.20 bits per heavy atom. The monoisotopic (exact) mass is 308 g/mol. The van der Waals surface area contributed by atoms with Crippen LogP contribution in [0.25, 0.3) is 0 Å². The van der Waals surface area contributed by atoms with Gasteiger partial charge in [0.1, 0.15) is 16.7 Å². The van der Waals surface area contributed by atoms with E-state index < -0.39 is 10.0 Å². The molecule has 20 heavy (non-hydrogen) atoms. The highest BCUT2D eigenvalue weighted by Gasteiger charge is 2.19. The number of anilines is 1. The smallest absolute Gasteiger partial charge is 0.263 e. The van der Waals surface area contributed by atoms with E-state index in [9.17, 15) is 13.5 Å². The first-order chi connectivity index (χ1) is 9.44. The number of aromatic hydroxyl groups is 1. The number of hydrogen-bond donors (Lipinski definition) is 2. The van der Waals surface area contributed by atoms with Crippen molar-refractivity contribution in [3.8, 4) is 11.8 Å². The van der Waals surface area contributed by atoms with Crippen molar-refractivity contribution in [2.24, 2.45) is 0 Å². The molecular formula is C13H9ClN2O3S. The van der Waals surface area contributed by atoms with Crippen molar-refractivity contribution in [2.75, 3.05) is 4.72 Å². The molecule has 0 saturated carbocycles. The summed E-state index contributed by atoms with van der Waals surface area (Å²) in [7, 11) is -3.97. The maximum atomic E-state index is 12.2.